The largest absolute Gasteiger partial charge is 0.323 e. The van der Waals surface area contributed by atoms with Crippen LogP contribution in [0.2, 0.25) is 0 Å². The van der Waals surface area contributed by atoms with E-state index in [9.17, 15) is 9.59 Å². The van der Waals surface area contributed by atoms with Crippen molar-refractivity contribution in [3.05, 3.63) is 63.6 Å². The lowest BCUT2D eigenvalue weighted by atomic mass is 9.87. The molecule has 124 valence electrons. The third kappa shape index (κ3) is 3.11. The van der Waals surface area contributed by atoms with Crippen molar-refractivity contribution in [3.63, 3.8) is 0 Å². The highest BCUT2D eigenvalue weighted by Gasteiger charge is 2.15. The molecule has 5 nitrogen and oxygen atoms in total. The Morgan fingerprint density at radius 1 is 1.00 bits per heavy atom. The van der Waals surface area contributed by atoms with E-state index in [4.69, 9.17) is 0 Å². The van der Waals surface area contributed by atoms with Gasteiger partial charge in [-0.25, -0.2) is 4.79 Å². The van der Waals surface area contributed by atoms with Gasteiger partial charge in [0.1, 0.15) is 0 Å². The number of hydrogen-bond donors (Lipinski definition) is 3. The van der Waals surface area contributed by atoms with Gasteiger partial charge in [0, 0.05) is 11.3 Å². The molecule has 0 saturated carbocycles. The van der Waals surface area contributed by atoms with Crippen LogP contribution in [0.1, 0.15) is 42.3 Å². The number of hydrogen-bond acceptors (Lipinski definition) is 2. The minimum Gasteiger partial charge on any atom is -0.322 e. The van der Waals surface area contributed by atoms with Crippen LogP contribution in [-0.2, 0) is 5.41 Å². The lowest BCUT2D eigenvalue weighted by Crippen LogP contribution is -2.14. The van der Waals surface area contributed by atoms with Crippen LogP contribution in [0, 0.1) is 6.92 Å². The van der Waals surface area contributed by atoms with Gasteiger partial charge in [-0.2, -0.15) is 0 Å². The Morgan fingerprint density at radius 3 is 2.17 bits per heavy atom. The zero-order valence-corrected chi connectivity index (χ0v) is 14.3. The Bertz CT molecular complexity index is 957. The van der Waals surface area contributed by atoms with Crippen LogP contribution < -0.4 is 11.0 Å². The summed E-state index contributed by atoms with van der Waals surface area (Å²) in [5, 5.41) is 2.91. The molecule has 0 fully saturated rings. The van der Waals surface area contributed by atoms with Crippen LogP contribution in [0.25, 0.3) is 11.0 Å². The highest BCUT2D eigenvalue weighted by Crippen LogP contribution is 2.24. The minimum absolute atomic E-state index is 0.0524. The van der Waals surface area contributed by atoms with Crippen molar-refractivity contribution in [2.75, 3.05) is 5.32 Å². The number of benzene rings is 2. The summed E-state index contributed by atoms with van der Waals surface area (Å²) in [7, 11) is 0. The number of anilines is 1. The monoisotopic (exact) mass is 323 g/mol. The summed E-state index contributed by atoms with van der Waals surface area (Å²) in [5.41, 5.74) is 4.54. The van der Waals surface area contributed by atoms with E-state index < -0.39 is 0 Å². The number of imidazole rings is 1. The van der Waals surface area contributed by atoms with Crippen LogP contribution in [0.3, 0.4) is 0 Å². The van der Waals surface area contributed by atoms with Crippen LogP contribution in [0.15, 0.2) is 41.2 Å². The second kappa shape index (κ2) is 5.67. The summed E-state index contributed by atoms with van der Waals surface area (Å²) in [6, 6.07) is 11.2. The van der Waals surface area contributed by atoms with Gasteiger partial charge in [-0.05, 0) is 47.7 Å². The summed E-state index contributed by atoms with van der Waals surface area (Å²) in [5.74, 6) is -0.171. The molecule has 2 aromatic carbocycles. The standard InChI is InChI=1S/C19H21N3O2/c1-11-9-15-16(22-18(24)21-15)10-14(11)20-17(23)12-5-7-13(8-6-12)19(2,3)4/h5-10H,1-4H3,(H,20,23)(H2,21,22,24). The molecular formula is C19H21N3O2. The number of aromatic amines is 2. The zero-order chi connectivity index (χ0) is 17.5. The molecular weight excluding hydrogens is 302 g/mol. The molecule has 0 unspecified atom stereocenters. The first-order valence-electron chi connectivity index (χ1n) is 7.88. The Hall–Kier alpha value is -2.82. The topological polar surface area (TPSA) is 77.8 Å². The summed E-state index contributed by atoms with van der Waals surface area (Å²) in [6.07, 6.45) is 0. The normalized spacial score (nSPS) is 11.7. The van der Waals surface area contributed by atoms with Crippen LogP contribution in [0.5, 0.6) is 0 Å². The van der Waals surface area contributed by atoms with E-state index in [1.165, 1.54) is 5.56 Å². The number of carbonyl (C=O) groups is 1. The van der Waals surface area contributed by atoms with Gasteiger partial charge in [-0.1, -0.05) is 32.9 Å². The second-order valence-electron chi connectivity index (χ2n) is 7.07. The number of nitrogens with one attached hydrogen (secondary N) is 3. The summed E-state index contributed by atoms with van der Waals surface area (Å²) >= 11 is 0. The second-order valence-corrected chi connectivity index (χ2v) is 7.07. The molecule has 0 aliphatic carbocycles. The number of fused-ring (bicyclic) bond motifs is 1. The molecule has 0 saturated heterocycles. The van der Waals surface area contributed by atoms with Gasteiger partial charge in [0.05, 0.1) is 11.0 Å². The average Bonchev–Trinajstić information content (AvgIpc) is 2.86. The van der Waals surface area contributed by atoms with Gasteiger partial charge in [0.15, 0.2) is 0 Å². The maximum absolute atomic E-state index is 12.5. The Morgan fingerprint density at radius 2 is 1.58 bits per heavy atom. The molecule has 24 heavy (non-hydrogen) atoms. The maximum atomic E-state index is 12.5. The lowest BCUT2D eigenvalue weighted by molar-refractivity contribution is 0.102. The molecule has 1 heterocycles. The molecule has 0 radical (unpaired) electrons. The van der Waals surface area contributed by atoms with Gasteiger partial charge in [0.25, 0.3) is 5.91 Å². The highest BCUT2D eigenvalue weighted by atomic mass is 16.2. The van der Waals surface area contributed by atoms with Crippen molar-refractivity contribution < 1.29 is 4.79 Å². The fraction of sp³-hybridized carbons (Fsp3) is 0.263. The first-order valence-corrected chi connectivity index (χ1v) is 7.88. The van der Waals surface area contributed by atoms with Gasteiger partial charge in [-0.3, -0.25) is 4.79 Å². The molecule has 0 spiro atoms. The highest BCUT2D eigenvalue weighted by molar-refractivity contribution is 6.05. The molecule has 1 amide bonds. The molecule has 3 rings (SSSR count). The Labute approximate surface area is 140 Å². The molecule has 5 heteroatoms. The molecule has 0 aliphatic heterocycles. The summed E-state index contributed by atoms with van der Waals surface area (Å²) in [4.78, 5) is 29.3. The van der Waals surface area contributed by atoms with E-state index in [0.717, 1.165) is 11.1 Å². The Kier molecular flexibility index (Phi) is 3.79. The van der Waals surface area contributed by atoms with Gasteiger partial charge < -0.3 is 15.3 Å². The first-order chi connectivity index (χ1) is 11.2. The van der Waals surface area contributed by atoms with Crippen molar-refractivity contribution in [2.24, 2.45) is 0 Å². The Balaban J connectivity index is 1.86. The fourth-order valence-corrected chi connectivity index (χ4v) is 2.64. The van der Waals surface area contributed by atoms with Crippen LogP contribution in [0.4, 0.5) is 5.69 Å². The van der Waals surface area contributed by atoms with Crippen molar-refractivity contribution in [2.45, 2.75) is 33.1 Å². The molecule has 3 aromatic rings. The SMILES string of the molecule is Cc1cc2[nH]c(=O)[nH]c2cc1NC(=O)c1ccc(C(C)(C)C)cc1. The van der Waals surface area contributed by atoms with Crippen molar-refractivity contribution in [3.8, 4) is 0 Å². The fourth-order valence-electron chi connectivity index (χ4n) is 2.64. The zero-order valence-electron chi connectivity index (χ0n) is 14.3. The van der Waals surface area contributed by atoms with E-state index in [-0.39, 0.29) is 17.0 Å². The third-order valence-electron chi connectivity index (χ3n) is 4.12. The number of aromatic nitrogens is 2. The van der Waals surface area contributed by atoms with Crippen LogP contribution in [-0.4, -0.2) is 15.9 Å². The van der Waals surface area contributed by atoms with E-state index in [2.05, 4.69) is 36.1 Å². The summed E-state index contributed by atoms with van der Waals surface area (Å²) in [6.45, 7) is 8.30. The van der Waals surface area contributed by atoms with Crippen molar-refractivity contribution in [1.29, 1.82) is 0 Å². The number of aryl methyl sites for hydroxylation is 1. The molecule has 0 bridgehead atoms. The molecule has 0 atom stereocenters. The number of rotatable bonds is 2. The average molecular weight is 323 g/mol. The van der Waals surface area contributed by atoms with E-state index >= 15 is 0 Å². The summed E-state index contributed by atoms with van der Waals surface area (Å²) < 4.78 is 0. The van der Waals surface area contributed by atoms with E-state index in [1.807, 2.05) is 37.3 Å². The predicted molar refractivity (Wildman–Crippen MR) is 96.8 cm³/mol. The maximum Gasteiger partial charge on any atom is 0.323 e. The van der Waals surface area contributed by atoms with Gasteiger partial charge >= 0.3 is 5.69 Å². The molecule has 0 aliphatic rings. The number of H-pyrrole nitrogens is 2. The smallest absolute Gasteiger partial charge is 0.322 e. The van der Waals surface area contributed by atoms with Crippen LogP contribution >= 0.6 is 0 Å². The quantitative estimate of drug-likeness (QED) is 0.672. The first kappa shape index (κ1) is 16.1. The number of amides is 1. The van der Waals surface area contributed by atoms with Crippen molar-refractivity contribution >= 4 is 22.6 Å². The van der Waals surface area contributed by atoms with Gasteiger partial charge in [0.2, 0.25) is 0 Å². The van der Waals surface area contributed by atoms with E-state index in [0.29, 0.717) is 16.8 Å². The van der Waals surface area contributed by atoms with Gasteiger partial charge in [-0.15, -0.1) is 0 Å². The predicted octanol–water partition coefficient (Wildman–Crippen LogP) is 3.71. The molecule has 1 aromatic heterocycles. The molecule has 3 N–H and O–H groups in total. The number of carbonyl (C=O) groups excluding carboxylic acids is 1. The lowest BCUT2D eigenvalue weighted by Gasteiger charge is -2.19. The van der Waals surface area contributed by atoms with Crippen molar-refractivity contribution in [1.82, 2.24) is 9.97 Å². The minimum atomic E-state index is -0.259. The van der Waals surface area contributed by atoms with E-state index in [1.54, 1.807) is 6.07 Å². The third-order valence-corrected chi connectivity index (χ3v) is 4.12.